The number of unbranched alkanes of at least 4 members (excludes halogenated alkanes) is 11. The standard InChI is InChI=1S/C22H42N2O2/c1-3-4-5-6-7-8-9-10-11-12-13-14-15-16-17-18-22(26)24-21(19-23)20(2)25/h10-11,21H,3-9,12-19,23H2,1-2H3,(H,24,26)/p+1/b11-10-/t21-/m0/s1. The largest absolute Gasteiger partial charge is 0.355 e. The van der Waals surface area contributed by atoms with Crippen molar-refractivity contribution in [2.45, 2.75) is 110 Å². The van der Waals surface area contributed by atoms with Gasteiger partial charge in [0.2, 0.25) is 5.91 Å². The first-order valence-corrected chi connectivity index (χ1v) is 10.9. The number of quaternary nitrogens is 1. The van der Waals surface area contributed by atoms with Crippen LogP contribution in [0.2, 0.25) is 0 Å². The lowest BCUT2D eigenvalue weighted by atomic mass is 10.1. The van der Waals surface area contributed by atoms with Crippen LogP contribution in [0.5, 0.6) is 0 Å². The number of Topliss-reactive ketones (excluding diaryl/α,β-unsaturated/α-hetero) is 1. The summed E-state index contributed by atoms with van der Waals surface area (Å²) >= 11 is 0. The molecule has 4 heteroatoms. The third-order valence-electron chi connectivity index (χ3n) is 4.78. The Bertz CT molecular complexity index is 380. The third kappa shape index (κ3) is 16.3. The van der Waals surface area contributed by atoms with Crippen LogP contribution in [0, 0.1) is 0 Å². The van der Waals surface area contributed by atoms with Gasteiger partial charge in [0.1, 0.15) is 12.6 Å². The Morgan fingerprint density at radius 2 is 1.35 bits per heavy atom. The second-order valence-corrected chi connectivity index (χ2v) is 7.35. The third-order valence-corrected chi connectivity index (χ3v) is 4.78. The molecule has 152 valence electrons. The highest BCUT2D eigenvalue weighted by Gasteiger charge is 2.16. The summed E-state index contributed by atoms with van der Waals surface area (Å²) in [6.45, 7) is 4.18. The summed E-state index contributed by atoms with van der Waals surface area (Å²) in [6.07, 6.45) is 21.5. The fourth-order valence-corrected chi connectivity index (χ4v) is 3.00. The average molecular weight is 368 g/mol. The molecule has 0 aliphatic carbocycles. The van der Waals surface area contributed by atoms with Gasteiger partial charge in [-0.1, -0.05) is 70.4 Å². The van der Waals surface area contributed by atoms with E-state index < -0.39 is 6.04 Å². The molecular weight excluding hydrogens is 324 g/mol. The molecule has 0 bridgehead atoms. The van der Waals surface area contributed by atoms with E-state index in [2.05, 4.69) is 30.1 Å². The highest BCUT2D eigenvalue weighted by Crippen LogP contribution is 2.10. The average Bonchev–Trinajstić information content (AvgIpc) is 2.62. The van der Waals surface area contributed by atoms with Crippen LogP contribution in [0.1, 0.15) is 104 Å². The van der Waals surface area contributed by atoms with E-state index >= 15 is 0 Å². The summed E-state index contributed by atoms with van der Waals surface area (Å²) in [5.74, 6) is -0.0376. The quantitative estimate of drug-likeness (QED) is 0.279. The van der Waals surface area contributed by atoms with Gasteiger partial charge in [-0.15, -0.1) is 0 Å². The molecule has 1 amide bonds. The Hall–Kier alpha value is -1.16. The summed E-state index contributed by atoms with van der Waals surface area (Å²) in [4.78, 5) is 23.0. The Morgan fingerprint density at radius 1 is 0.846 bits per heavy atom. The number of ketones is 1. The Labute approximate surface area is 161 Å². The van der Waals surface area contributed by atoms with Gasteiger partial charge in [-0.2, -0.15) is 0 Å². The summed E-state index contributed by atoms with van der Waals surface area (Å²) in [5.41, 5.74) is 3.70. The predicted octanol–water partition coefficient (Wildman–Crippen LogP) is 4.34. The molecular formula is C22H43N2O2+. The fraction of sp³-hybridized carbons (Fsp3) is 0.818. The number of allylic oxidation sites excluding steroid dienone is 2. The zero-order valence-corrected chi connectivity index (χ0v) is 17.4. The number of hydrogen-bond acceptors (Lipinski definition) is 2. The molecule has 0 aromatic carbocycles. The number of amides is 1. The van der Waals surface area contributed by atoms with E-state index in [1.807, 2.05) is 0 Å². The highest BCUT2D eigenvalue weighted by molar-refractivity contribution is 5.87. The lowest BCUT2D eigenvalue weighted by Crippen LogP contribution is -2.62. The van der Waals surface area contributed by atoms with E-state index in [0.29, 0.717) is 13.0 Å². The van der Waals surface area contributed by atoms with Crippen LogP contribution in [0.15, 0.2) is 12.2 Å². The predicted molar refractivity (Wildman–Crippen MR) is 110 cm³/mol. The molecule has 4 nitrogen and oxygen atoms in total. The molecule has 0 aliphatic rings. The van der Waals surface area contributed by atoms with Gasteiger partial charge in [-0.25, -0.2) is 0 Å². The van der Waals surface area contributed by atoms with Crippen LogP contribution < -0.4 is 11.1 Å². The van der Waals surface area contributed by atoms with Crippen molar-refractivity contribution >= 4 is 11.7 Å². The zero-order valence-electron chi connectivity index (χ0n) is 17.4. The molecule has 0 unspecified atom stereocenters. The lowest BCUT2D eigenvalue weighted by Gasteiger charge is -2.11. The fourth-order valence-electron chi connectivity index (χ4n) is 3.00. The van der Waals surface area contributed by atoms with Crippen molar-refractivity contribution in [1.82, 2.24) is 5.32 Å². The maximum Gasteiger partial charge on any atom is 0.220 e. The molecule has 26 heavy (non-hydrogen) atoms. The molecule has 0 aliphatic heterocycles. The van der Waals surface area contributed by atoms with Crippen molar-refractivity contribution in [3.63, 3.8) is 0 Å². The minimum Gasteiger partial charge on any atom is -0.355 e. The van der Waals surface area contributed by atoms with Gasteiger partial charge in [0, 0.05) is 6.42 Å². The van der Waals surface area contributed by atoms with Gasteiger partial charge in [-0.3, -0.25) is 9.59 Å². The van der Waals surface area contributed by atoms with Crippen molar-refractivity contribution in [3.8, 4) is 0 Å². The van der Waals surface area contributed by atoms with Crippen LogP contribution in [0.3, 0.4) is 0 Å². The normalized spacial score (nSPS) is 12.4. The van der Waals surface area contributed by atoms with E-state index in [9.17, 15) is 9.59 Å². The maximum atomic E-state index is 11.8. The smallest absolute Gasteiger partial charge is 0.220 e. The Kier molecular flexibility index (Phi) is 17.8. The van der Waals surface area contributed by atoms with Crippen LogP contribution in [-0.2, 0) is 9.59 Å². The minimum absolute atomic E-state index is 0.0158. The topological polar surface area (TPSA) is 73.8 Å². The lowest BCUT2D eigenvalue weighted by molar-refractivity contribution is -0.370. The molecule has 0 saturated heterocycles. The van der Waals surface area contributed by atoms with Crippen molar-refractivity contribution in [1.29, 1.82) is 0 Å². The first-order valence-electron chi connectivity index (χ1n) is 10.9. The molecule has 0 saturated carbocycles. The molecule has 4 N–H and O–H groups in total. The van der Waals surface area contributed by atoms with Crippen molar-refractivity contribution in [3.05, 3.63) is 12.2 Å². The van der Waals surface area contributed by atoms with E-state index in [1.54, 1.807) is 0 Å². The number of carbonyl (C=O) groups is 2. The Morgan fingerprint density at radius 3 is 1.85 bits per heavy atom. The Balaban J connectivity index is 3.36. The SMILES string of the molecule is CCCCCCCC/C=C\CCCCCCCC(=O)N[C@@H](C[NH3+])C(C)=O. The summed E-state index contributed by atoms with van der Waals surface area (Å²) in [6, 6.07) is -0.411. The van der Waals surface area contributed by atoms with Gasteiger partial charge < -0.3 is 11.1 Å². The number of hydrogen-bond donors (Lipinski definition) is 2. The minimum atomic E-state index is -0.411. The maximum absolute atomic E-state index is 11.8. The van der Waals surface area contributed by atoms with Gasteiger partial charge in [0.25, 0.3) is 0 Å². The summed E-state index contributed by atoms with van der Waals surface area (Å²) in [5, 5.41) is 2.76. The van der Waals surface area contributed by atoms with E-state index in [1.165, 1.54) is 77.6 Å². The van der Waals surface area contributed by atoms with E-state index in [0.717, 1.165) is 12.8 Å². The molecule has 0 aromatic rings. The van der Waals surface area contributed by atoms with Crippen LogP contribution >= 0.6 is 0 Å². The summed E-state index contributed by atoms with van der Waals surface area (Å²) in [7, 11) is 0. The molecule has 0 aromatic heterocycles. The second kappa shape index (κ2) is 18.6. The van der Waals surface area contributed by atoms with E-state index in [-0.39, 0.29) is 11.7 Å². The number of nitrogens with one attached hydrogen (secondary N) is 1. The van der Waals surface area contributed by atoms with Gasteiger partial charge in [-0.05, 0) is 39.0 Å². The molecule has 1 atom stereocenters. The molecule has 0 radical (unpaired) electrons. The highest BCUT2D eigenvalue weighted by atomic mass is 16.2. The van der Waals surface area contributed by atoms with Crippen LogP contribution in [0.4, 0.5) is 0 Å². The van der Waals surface area contributed by atoms with Crippen LogP contribution in [-0.4, -0.2) is 24.3 Å². The molecule has 0 heterocycles. The number of rotatable bonds is 18. The zero-order chi connectivity index (χ0) is 19.5. The van der Waals surface area contributed by atoms with Crippen LogP contribution in [0.25, 0.3) is 0 Å². The monoisotopic (exact) mass is 367 g/mol. The first kappa shape index (κ1) is 24.8. The summed E-state index contributed by atoms with van der Waals surface area (Å²) < 4.78 is 0. The second-order valence-electron chi connectivity index (χ2n) is 7.35. The van der Waals surface area contributed by atoms with Gasteiger partial charge in [0.15, 0.2) is 5.78 Å². The van der Waals surface area contributed by atoms with Crippen molar-refractivity contribution in [2.24, 2.45) is 0 Å². The first-order chi connectivity index (χ1) is 12.6. The van der Waals surface area contributed by atoms with Gasteiger partial charge in [0.05, 0.1) is 0 Å². The van der Waals surface area contributed by atoms with Crippen molar-refractivity contribution < 1.29 is 15.3 Å². The molecule has 0 spiro atoms. The van der Waals surface area contributed by atoms with Crippen molar-refractivity contribution in [2.75, 3.05) is 6.54 Å². The molecule has 0 fully saturated rings. The number of carbonyl (C=O) groups excluding carboxylic acids is 2. The van der Waals surface area contributed by atoms with E-state index in [4.69, 9.17) is 0 Å². The van der Waals surface area contributed by atoms with Gasteiger partial charge >= 0.3 is 0 Å². The molecule has 0 rings (SSSR count).